The van der Waals surface area contributed by atoms with Crippen LogP contribution >= 0.6 is 0 Å². The van der Waals surface area contributed by atoms with Crippen LogP contribution in [0.5, 0.6) is 28.9 Å². The first kappa shape index (κ1) is 28.7. The van der Waals surface area contributed by atoms with E-state index < -0.39 is 11.7 Å². The van der Waals surface area contributed by atoms with Crippen molar-refractivity contribution in [1.29, 1.82) is 0 Å². The molecule has 2 N–H and O–H groups in total. The van der Waals surface area contributed by atoms with Crippen molar-refractivity contribution >= 4 is 28.2 Å². The Balaban J connectivity index is 1.38. The zero-order valence-corrected chi connectivity index (χ0v) is 23.8. The summed E-state index contributed by atoms with van der Waals surface area (Å²) in [6, 6.07) is 7.25. The van der Waals surface area contributed by atoms with E-state index in [0.29, 0.717) is 46.9 Å². The zero-order chi connectivity index (χ0) is 29.8. The van der Waals surface area contributed by atoms with Crippen molar-refractivity contribution in [2.75, 3.05) is 32.8 Å². The molecule has 5 rings (SSSR count). The number of aromatic hydroxyl groups is 1. The molecule has 3 heterocycles. The summed E-state index contributed by atoms with van der Waals surface area (Å²) >= 11 is 0. The van der Waals surface area contributed by atoms with E-state index in [4.69, 9.17) is 18.9 Å². The topological polar surface area (TPSA) is 125 Å². The van der Waals surface area contributed by atoms with Gasteiger partial charge in [-0.05, 0) is 50.8 Å². The van der Waals surface area contributed by atoms with Crippen molar-refractivity contribution in [3.05, 3.63) is 70.9 Å². The number of carbonyl (C=O) groups excluding carboxylic acids is 1. The summed E-state index contributed by atoms with van der Waals surface area (Å²) in [6.45, 7) is 4.14. The summed E-state index contributed by atoms with van der Waals surface area (Å²) in [7, 11) is 3.03. The van der Waals surface area contributed by atoms with Crippen molar-refractivity contribution in [3.8, 4) is 28.9 Å². The molecule has 4 aromatic rings. The van der Waals surface area contributed by atoms with Gasteiger partial charge in [0.1, 0.15) is 23.4 Å². The molecule has 0 unspecified atom stereocenters. The molecular weight excluding hydrogens is 543 g/mol. The van der Waals surface area contributed by atoms with Crippen molar-refractivity contribution in [2.45, 2.75) is 33.1 Å². The number of pyridine rings is 3. The number of aryl methyl sites for hydroxylation is 2. The van der Waals surface area contributed by atoms with Crippen LogP contribution in [-0.2, 0) is 4.74 Å². The van der Waals surface area contributed by atoms with Gasteiger partial charge in [-0.3, -0.25) is 14.8 Å². The molecule has 0 bridgehead atoms. The Morgan fingerprint density at radius 1 is 1.05 bits per heavy atom. The third-order valence-electron chi connectivity index (χ3n) is 6.88. The minimum absolute atomic E-state index is 0.0537. The highest BCUT2D eigenvalue weighted by Crippen LogP contribution is 2.39. The first-order valence-electron chi connectivity index (χ1n) is 13.4. The number of allylic oxidation sites excluding steroid dienone is 2. The largest absolute Gasteiger partial charge is 0.506 e. The smallest absolute Gasteiger partial charge is 0.261 e. The lowest BCUT2D eigenvalue weighted by atomic mass is 9.98. The van der Waals surface area contributed by atoms with E-state index in [9.17, 15) is 9.90 Å². The van der Waals surface area contributed by atoms with Crippen LogP contribution in [0, 0.1) is 19.7 Å². The fraction of sp³-hybridized carbons (Fsp3) is 0.290. The fourth-order valence-electron chi connectivity index (χ4n) is 4.94. The lowest BCUT2D eigenvalue weighted by Gasteiger charge is -2.16. The number of methoxy groups -OCH3 is 2. The summed E-state index contributed by atoms with van der Waals surface area (Å²) < 4.78 is 37.1. The van der Waals surface area contributed by atoms with Gasteiger partial charge in [0.15, 0.2) is 23.1 Å². The molecule has 0 atom stereocenters. The van der Waals surface area contributed by atoms with E-state index in [1.165, 1.54) is 25.4 Å². The van der Waals surface area contributed by atoms with Crippen LogP contribution < -0.4 is 19.5 Å². The summed E-state index contributed by atoms with van der Waals surface area (Å²) in [6.07, 6.45) is 6.28. The number of halogens is 1. The van der Waals surface area contributed by atoms with Crippen LogP contribution in [0.25, 0.3) is 16.6 Å². The van der Waals surface area contributed by atoms with Crippen LogP contribution in [0.4, 0.5) is 10.1 Å². The van der Waals surface area contributed by atoms with Gasteiger partial charge in [0.05, 0.1) is 24.9 Å². The van der Waals surface area contributed by atoms with Gasteiger partial charge in [0, 0.05) is 48.5 Å². The fourth-order valence-corrected chi connectivity index (χ4v) is 4.94. The molecule has 11 heteroatoms. The highest BCUT2D eigenvalue weighted by atomic mass is 19.1. The number of anilines is 1. The Hall–Kier alpha value is -4.77. The third-order valence-corrected chi connectivity index (χ3v) is 6.88. The molecule has 1 aliphatic rings. The van der Waals surface area contributed by atoms with E-state index in [2.05, 4.69) is 26.3 Å². The lowest BCUT2D eigenvalue weighted by molar-refractivity contribution is 0.102. The Labute approximate surface area is 242 Å². The number of fused-ring (bicyclic) bond motifs is 1. The monoisotopic (exact) mass is 574 g/mol. The maximum Gasteiger partial charge on any atom is 0.261 e. The van der Waals surface area contributed by atoms with Crippen molar-refractivity contribution in [2.24, 2.45) is 0 Å². The van der Waals surface area contributed by atoms with Gasteiger partial charge in [-0.25, -0.2) is 9.37 Å². The molecule has 0 saturated heterocycles. The number of amides is 1. The molecule has 1 amide bonds. The predicted octanol–water partition coefficient (Wildman–Crippen LogP) is 6.13. The van der Waals surface area contributed by atoms with E-state index in [1.54, 1.807) is 26.2 Å². The standard InChI is InChI=1S/C31H31FN4O6/c1-17-26(19-7-5-6-8-19)29(37)27(18(2)34-17)30(38)35-20-9-10-23(21(32)15-20)42-24-11-12-33-22-16-25(41-14-13-39-3)31(40-4)36-28(22)24/h7,9-12,15-16H,5-6,8,13-14H2,1-4H3,(H,34,37)(H,35,38). The second-order valence-electron chi connectivity index (χ2n) is 9.72. The van der Waals surface area contributed by atoms with E-state index in [1.807, 2.05) is 6.92 Å². The van der Waals surface area contributed by atoms with Crippen LogP contribution in [0.2, 0.25) is 0 Å². The summed E-state index contributed by atoms with van der Waals surface area (Å²) in [5.41, 5.74) is 3.64. The van der Waals surface area contributed by atoms with E-state index in [-0.39, 0.29) is 34.4 Å². The molecule has 0 radical (unpaired) electrons. The van der Waals surface area contributed by atoms with E-state index in [0.717, 1.165) is 30.9 Å². The minimum atomic E-state index is -0.718. The average molecular weight is 575 g/mol. The predicted molar refractivity (Wildman–Crippen MR) is 155 cm³/mol. The Morgan fingerprint density at radius 3 is 2.60 bits per heavy atom. The van der Waals surface area contributed by atoms with Crippen molar-refractivity contribution in [1.82, 2.24) is 15.0 Å². The number of ether oxygens (including phenoxy) is 4. The Kier molecular flexibility index (Phi) is 8.48. The lowest BCUT2D eigenvalue weighted by Crippen LogP contribution is -2.16. The molecule has 218 valence electrons. The van der Waals surface area contributed by atoms with Gasteiger partial charge < -0.3 is 29.4 Å². The van der Waals surface area contributed by atoms with Crippen LogP contribution in [0.15, 0.2) is 42.6 Å². The Morgan fingerprint density at radius 2 is 1.88 bits per heavy atom. The van der Waals surface area contributed by atoms with Gasteiger partial charge in [-0.15, -0.1) is 0 Å². The number of carbonyl (C=O) groups is 1. The molecule has 10 nitrogen and oxygen atoms in total. The quantitative estimate of drug-likeness (QED) is 0.215. The average Bonchev–Trinajstić information content (AvgIpc) is 3.48. The highest BCUT2D eigenvalue weighted by molar-refractivity contribution is 6.08. The molecule has 0 aliphatic heterocycles. The molecule has 1 aromatic carbocycles. The number of nitrogens with one attached hydrogen (secondary N) is 1. The van der Waals surface area contributed by atoms with Crippen molar-refractivity contribution < 1.29 is 33.2 Å². The van der Waals surface area contributed by atoms with Gasteiger partial charge in [-0.2, -0.15) is 0 Å². The number of rotatable bonds is 10. The minimum Gasteiger partial charge on any atom is -0.506 e. The molecule has 3 aromatic heterocycles. The second-order valence-corrected chi connectivity index (χ2v) is 9.72. The normalized spacial score (nSPS) is 12.7. The highest BCUT2D eigenvalue weighted by Gasteiger charge is 2.24. The van der Waals surface area contributed by atoms with Crippen molar-refractivity contribution in [3.63, 3.8) is 0 Å². The van der Waals surface area contributed by atoms with Crippen LogP contribution in [0.3, 0.4) is 0 Å². The molecule has 0 spiro atoms. The summed E-state index contributed by atoms with van der Waals surface area (Å²) in [4.78, 5) is 26.5. The summed E-state index contributed by atoms with van der Waals surface area (Å²) in [5.74, 6) is -0.674. The first-order valence-corrected chi connectivity index (χ1v) is 13.4. The zero-order valence-electron chi connectivity index (χ0n) is 23.8. The molecular formula is C31H31FN4O6. The number of hydrogen-bond donors (Lipinski definition) is 2. The summed E-state index contributed by atoms with van der Waals surface area (Å²) in [5, 5.41) is 13.7. The second kappa shape index (κ2) is 12.4. The molecule has 42 heavy (non-hydrogen) atoms. The van der Waals surface area contributed by atoms with Crippen LogP contribution in [0.1, 0.15) is 46.6 Å². The van der Waals surface area contributed by atoms with Gasteiger partial charge in [0.25, 0.3) is 11.8 Å². The van der Waals surface area contributed by atoms with Gasteiger partial charge >= 0.3 is 0 Å². The number of aromatic nitrogens is 3. The first-order chi connectivity index (χ1) is 20.3. The van der Waals surface area contributed by atoms with Gasteiger partial charge in [0.2, 0.25) is 0 Å². The molecule has 1 aliphatic carbocycles. The van der Waals surface area contributed by atoms with Gasteiger partial charge in [-0.1, -0.05) is 6.08 Å². The number of hydrogen-bond acceptors (Lipinski definition) is 9. The number of benzene rings is 1. The third kappa shape index (κ3) is 5.82. The van der Waals surface area contributed by atoms with Crippen LogP contribution in [-0.4, -0.2) is 53.4 Å². The van der Waals surface area contributed by atoms with E-state index >= 15 is 4.39 Å². The SMILES string of the molecule is COCCOc1cc2nccc(Oc3ccc(NC(=O)c4c(C)nc(C)c(C5=CCCC5)c4O)cc3F)c2nc1OC. The maximum atomic E-state index is 15.2. The molecule has 0 fully saturated rings. The number of nitrogens with zero attached hydrogens (tertiary/aromatic N) is 3. The maximum absolute atomic E-state index is 15.2. The Bertz CT molecular complexity index is 1690. The molecule has 0 saturated carbocycles.